The van der Waals surface area contributed by atoms with Gasteiger partial charge >= 0.3 is 0 Å². The van der Waals surface area contributed by atoms with Crippen LogP contribution in [0.25, 0.3) is 33.5 Å². The number of furan rings is 1. The molecule has 0 N–H and O–H groups in total. The van der Waals surface area contributed by atoms with Crippen LogP contribution in [0.5, 0.6) is 0 Å². The lowest BCUT2D eigenvalue weighted by Crippen LogP contribution is -2.20. The van der Waals surface area contributed by atoms with Gasteiger partial charge in [-0.05, 0) is 42.5 Å². The maximum Gasteiger partial charge on any atom is 0.282 e. The standard InChI is InChI=1S/C23H13BrN4O4/c24-16-9-10-20-15(11-16)12-21(32-20)22-26-18-7-3-2-6-17(18)23(29)27(22)25-13-14-5-1-4-8-19(14)28(30)31/h1-13H. The first-order valence-electron chi connectivity index (χ1n) is 9.50. The van der Waals surface area contributed by atoms with Gasteiger partial charge in [0.2, 0.25) is 5.82 Å². The van der Waals surface area contributed by atoms with Gasteiger partial charge in [-0.25, -0.2) is 4.98 Å². The molecule has 2 aromatic heterocycles. The summed E-state index contributed by atoms with van der Waals surface area (Å²) in [5.41, 5.74) is 0.846. The summed E-state index contributed by atoms with van der Waals surface area (Å²) in [4.78, 5) is 28.7. The predicted molar refractivity (Wildman–Crippen MR) is 125 cm³/mol. The van der Waals surface area contributed by atoms with Crippen molar-refractivity contribution >= 4 is 49.7 Å². The third kappa shape index (κ3) is 3.48. The monoisotopic (exact) mass is 488 g/mol. The molecule has 32 heavy (non-hydrogen) atoms. The number of fused-ring (bicyclic) bond motifs is 2. The van der Waals surface area contributed by atoms with E-state index in [1.807, 2.05) is 18.2 Å². The third-order valence-electron chi connectivity index (χ3n) is 4.90. The SMILES string of the molecule is O=c1c2ccccc2nc(-c2cc3cc(Br)ccc3o2)n1N=Cc1ccccc1[N+](=O)[O-]. The lowest BCUT2D eigenvalue weighted by molar-refractivity contribution is -0.385. The van der Waals surface area contributed by atoms with Crippen LogP contribution >= 0.6 is 15.9 Å². The minimum atomic E-state index is -0.499. The smallest absolute Gasteiger partial charge is 0.282 e. The fraction of sp³-hybridized carbons (Fsp3) is 0. The van der Waals surface area contributed by atoms with Gasteiger partial charge < -0.3 is 4.42 Å². The second-order valence-corrected chi connectivity index (χ2v) is 7.84. The Kier molecular flexibility index (Phi) is 4.87. The van der Waals surface area contributed by atoms with E-state index in [2.05, 4.69) is 26.0 Å². The van der Waals surface area contributed by atoms with Gasteiger partial charge in [0.05, 0.1) is 27.6 Å². The summed E-state index contributed by atoms with van der Waals surface area (Å²) >= 11 is 3.43. The first kappa shape index (κ1) is 19.8. The number of nitro benzene ring substituents is 1. The quantitative estimate of drug-likeness (QED) is 0.192. The predicted octanol–water partition coefficient (Wildman–Crippen LogP) is 5.36. The zero-order chi connectivity index (χ0) is 22.2. The molecule has 5 rings (SSSR count). The summed E-state index contributed by atoms with van der Waals surface area (Å²) in [5, 5.41) is 16.8. The number of nitrogens with zero attached hydrogens (tertiary/aromatic N) is 4. The van der Waals surface area contributed by atoms with Crippen LogP contribution < -0.4 is 5.56 Å². The Morgan fingerprint density at radius 1 is 1.06 bits per heavy atom. The van der Waals surface area contributed by atoms with E-state index in [0.29, 0.717) is 22.2 Å². The highest BCUT2D eigenvalue weighted by molar-refractivity contribution is 9.10. The number of hydrogen-bond donors (Lipinski definition) is 0. The minimum Gasteiger partial charge on any atom is -0.453 e. The van der Waals surface area contributed by atoms with E-state index in [1.54, 1.807) is 48.5 Å². The van der Waals surface area contributed by atoms with Gasteiger partial charge in [-0.15, -0.1) is 0 Å². The number of para-hydroxylation sites is 2. The van der Waals surface area contributed by atoms with Crippen molar-refractivity contribution in [3.8, 4) is 11.6 Å². The maximum atomic E-state index is 13.3. The van der Waals surface area contributed by atoms with Crippen molar-refractivity contribution in [2.75, 3.05) is 0 Å². The second-order valence-electron chi connectivity index (χ2n) is 6.92. The Balaban J connectivity index is 1.75. The van der Waals surface area contributed by atoms with Crippen LogP contribution in [-0.2, 0) is 0 Å². The number of nitro groups is 1. The lowest BCUT2D eigenvalue weighted by Gasteiger charge is -2.07. The molecule has 0 fully saturated rings. The number of halogens is 1. The van der Waals surface area contributed by atoms with Crippen molar-refractivity contribution in [2.45, 2.75) is 0 Å². The zero-order valence-electron chi connectivity index (χ0n) is 16.3. The van der Waals surface area contributed by atoms with Crippen LogP contribution in [0.3, 0.4) is 0 Å². The normalized spacial score (nSPS) is 11.5. The molecular weight excluding hydrogens is 476 g/mol. The molecular formula is C23H13BrN4O4. The molecule has 5 aromatic rings. The van der Waals surface area contributed by atoms with Gasteiger partial charge in [-0.3, -0.25) is 14.9 Å². The largest absolute Gasteiger partial charge is 0.453 e. The molecule has 0 saturated carbocycles. The molecule has 3 aromatic carbocycles. The zero-order valence-corrected chi connectivity index (χ0v) is 17.9. The fourth-order valence-electron chi connectivity index (χ4n) is 3.40. The third-order valence-corrected chi connectivity index (χ3v) is 5.39. The highest BCUT2D eigenvalue weighted by atomic mass is 79.9. The first-order valence-corrected chi connectivity index (χ1v) is 10.3. The summed E-state index contributed by atoms with van der Waals surface area (Å²) < 4.78 is 7.93. The molecule has 0 bridgehead atoms. The molecule has 0 radical (unpaired) electrons. The van der Waals surface area contributed by atoms with E-state index >= 15 is 0 Å². The highest BCUT2D eigenvalue weighted by Crippen LogP contribution is 2.29. The maximum absolute atomic E-state index is 13.3. The topological polar surface area (TPSA) is 104 Å². The molecule has 2 heterocycles. The lowest BCUT2D eigenvalue weighted by atomic mass is 10.2. The molecule has 0 atom stereocenters. The van der Waals surface area contributed by atoms with Crippen molar-refractivity contribution in [3.05, 3.63) is 103 Å². The van der Waals surface area contributed by atoms with Crippen LogP contribution in [0.4, 0.5) is 5.69 Å². The Bertz CT molecular complexity index is 1600. The number of rotatable bonds is 4. The molecule has 0 aliphatic carbocycles. The molecule has 156 valence electrons. The first-order chi connectivity index (χ1) is 15.5. The Morgan fingerprint density at radius 3 is 2.69 bits per heavy atom. The number of benzene rings is 3. The molecule has 0 unspecified atom stereocenters. The van der Waals surface area contributed by atoms with Crippen LogP contribution in [0.15, 0.2) is 91.6 Å². The van der Waals surface area contributed by atoms with Gasteiger partial charge in [0, 0.05) is 15.9 Å². The Labute approximate surface area is 188 Å². The van der Waals surface area contributed by atoms with Crippen molar-refractivity contribution in [1.29, 1.82) is 0 Å². The van der Waals surface area contributed by atoms with Gasteiger partial charge in [0.25, 0.3) is 11.2 Å². The van der Waals surface area contributed by atoms with Gasteiger partial charge in [-0.2, -0.15) is 9.78 Å². The molecule has 0 aliphatic heterocycles. The Morgan fingerprint density at radius 2 is 1.84 bits per heavy atom. The van der Waals surface area contributed by atoms with Gasteiger partial charge in [-0.1, -0.05) is 40.2 Å². The summed E-state index contributed by atoms with van der Waals surface area (Å²) in [6.45, 7) is 0. The van der Waals surface area contributed by atoms with E-state index in [1.165, 1.54) is 12.3 Å². The summed E-state index contributed by atoms with van der Waals surface area (Å²) in [5.74, 6) is 0.538. The molecule has 9 heteroatoms. The van der Waals surface area contributed by atoms with Gasteiger partial charge in [0.1, 0.15) is 5.58 Å². The molecule has 0 aliphatic rings. The number of aromatic nitrogens is 2. The number of hydrogen-bond acceptors (Lipinski definition) is 6. The van der Waals surface area contributed by atoms with Crippen LogP contribution in [-0.4, -0.2) is 20.8 Å². The molecule has 8 nitrogen and oxygen atoms in total. The van der Waals surface area contributed by atoms with Crippen molar-refractivity contribution in [3.63, 3.8) is 0 Å². The van der Waals surface area contributed by atoms with Crippen LogP contribution in [0.1, 0.15) is 5.56 Å². The van der Waals surface area contributed by atoms with Crippen molar-refractivity contribution in [2.24, 2.45) is 5.10 Å². The fourth-order valence-corrected chi connectivity index (χ4v) is 3.78. The summed E-state index contributed by atoms with van der Waals surface area (Å²) in [7, 11) is 0. The molecule has 0 spiro atoms. The van der Waals surface area contributed by atoms with E-state index < -0.39 is 10.5 Å². The summed E-state index contributed by atoms with van der Waals surface area (Å²) in [6, 6.07) is 20.4. The van der Waals surface area contributed by atoms with E-state index in [-0.39, 0.29) is 17.1 Å². The van der Waals surface area contributed by atoms with Gasteiger partial charge in [0.15, 0.2) is 5.76 Å². The van der Waals surface area contributed by atoms with E-state index in [9.17, 15) is 14.9 Å². The van der Waals surface area contributed by atoms with E-state index in [4.69, 9.17) is 4.42 Å². The Hall–Kier alpha value is -4.11. The van der Waals surface area contributed by atoms with Crippen LogP contribution in [0, 0.1) is 10.1 Å². The second kappa shape index (κ2) is 7.86. The summed E-state index contributed by atoms with van der Waals surface area (Å²) in [6.07, 6.45) is 1.28. The van der Waals surface area contributed by atoms with Crippen molar-refractivity contribution < 1.29 is 9.34 Å². The molecule has 0 amide bonds. The van der Waals surface area contributed by atoms with Crippen molar-refractivity contribution in [1.82, 2.24) is 9.66 Å². The van der Waals surface area contributed by atoms with Crippen LogP contribution in [0.2, 0.25) is 0 Å². The van der Waals surface area contributed by atoms with E-state index in [0.717, 1.165) is 14.5 Å². The molecule has 0 saturated heterocycles. The highest BCUT2D eigenvalue weighted by Gasteiger charge is 2.17. The average molecular weight is 489 g/mol. The average Bonchev–Trinajstić information content (AvgIpc) is 3.21. The minimum absolute atomic E-state index is 0.117.